The van der Waals surface area contributed by atoms with Gasteiger partial charge < -0.3 is 14.0 Å². The Morgan fingerprint density at radius 2 is 1.78 bits per heavy atom. The fraction of sp³-hybridized carbons (Fsp3) is 0.824. The van der Waals surface area contributed by atoms with Gasteiger partial charge in [0.25, 0.3) is 0 Å². The van der Waals surface area contributed by atoms with Gasteiger partial charge in [-0.1, -0.05) is 0 Å². The number of nitrogens with zero attached hydrogens (tertiary/aromatic N) is 1. The second-order valence-corrected chi connectivity index (χ2v) is 7.76. The molecule has 0 spiro atoms. The summed E-state index contributed by atoms with van der Waals surface area (Å²) in [6.45, 7) is 10.2. The average Bonchev–Trinajstić information content (AvgIpc) is 2.62. The van der Waals surface area contributed by atoms with E-state index < -0.39 is 49.3 Å². The minimum atomic E-state index is -3.12. The lowest BCUT2D eigenvalue weighted by Crippen LogP contribution is -2.41. The summed E-state index contributed by atoms with van der Waals surface area (Å²) in [5.74, 6) is 0. The molecule has 5 nitrogen and oxygen atoms in total. The Labute approximate surface area is 148 Å². The third-order valence-electron chi connectivity index (χ3n) is 4.16. The number of hydrogen-bond acceptors (Lipinski definition) is 4. The highest BCUT2D eigenvalue weighted by Gasteiger charge is 2.53. The zero-order chi connectivity index (χ0) is 23.0. The summed E-state index contributed by atoms with van der Waals surface area (Å²) in [7, 11) is -1.30. The quantitative estimate of drug-likeness (QED) is 0.684. The normalized spacial score (nSPS) is 34.6. The van der Waals surface area contributed by atoms with Gasteiger partial charge in [-0.2, -0.15) is 0 Å². The highest BCUT2D eigenvalue weighted by molar-refractivity contribution is 6.54. The molecule has 2 aliphatic rings. The van der Waals surface area contributed by atoms with E-state index in [1.54, 1.807) is 48.5 Å². The van der Waals surface area contributed by atoms with Crippen LogP contribution in [0, 0.1) is 0 Å². The topological polar surface area (TPSA) is 48.0 Å². The SMILES string of the molecule is [2H]C1([2H])C(B2OC(C)(C)C(C)(C)O2)=C(C)N(C(=O)OC(C)(C)C)C([2H])([2H])C1([2H])[2H]. The molecule has 0 bridgehead atoms. The molecule has 6 heteroatoms. The molecule has 0 radical (unpaired) electrons. The molecule has 0 aromatic rings. The fourth-order valence-corrected chi connectivity index (χ4v) is 2.13. The Bertz CT molecular complexity index is 729. The van der Waals surface area contributed by atoms with Gasteiger partial charge in [-0.05, 0) is 73.6 Å². The zero-order valence-corrected chi connectivity index (χ0v) is 15.2. The third-order valence-corrected chi connectivity index (χ3v) is 4.16. The number of allylic oxidation sites excluding steroid dienone is 2. The number of ether oxygens (including phenoxy) is 1. The molecule has 1 amide bonds. The lowest BCUT2D eigenvalue weighted by atomic mass is 9.73. The van der Waals surface area contributed by atoms with Gasteiger partial charge in [-0.3, -0.25) is 4.90 Å². The summed E-state index contributed by atoms with van der Waals surface area (Å²) < 4.78 is 67.2. The van der Waals surface area contributed by atoms with Crippen LogP contribution in [0.25, 0.3) is 0 Å². The molecule has 0 unspecified atom stereocenters. The number of hydrogen-bond donors (Lipinski definition) is 0. The van der Waals surface area contributed by atoms with E-state index in [4.69, 9.17) is 22.3 Å². The monoisotopic (exact) mass is 329 g/mol. The van der Waals surface area contributed by atoms with Gasteiger partial charge in [0.2, 0.25) is 0 Å². The molecule has 1 fully saturated rings. The third kappa shape index (κ3) is 3.74. The van der Waals surface area contributed by atoms with Crippen LogP contribution >= 0.6 is 0 Å². The van der Waals surface area contributed by atoms with Crippen molar-refractivity contribution in [2.24, 2.45) is 0 Å². The van der Waals surface area contributed by atoms with Crippen LogP contribution < -0.4 is 0 Å². The largest absolute Gasteiger partial charge is 0.492 e. The summed E-state index contributed by atoms with van der Waals surface area (Å²) in [5, 5.41) is 0. The van der Waals surface area contributed by atoms with Gasteiger partial charge in [0.1, 0.15) is 5.60 Å². The van der Waals surface area contributed by atoms with E-state index in [0.29, 0.717) is 4.90 Å². The van der Waals surface area contributed by atoms with E-state index in [9.17, 15) is 4.79 Å². The highest BCUT2D eigenvalue weighted by atomic mass is 16.7. The van der Waals surface area contributed by atoms with E-state index >= 15 is 0 Å². The Balaban J connectivity index is 2.70. The highest BCUT2D eigenvalue weighted by Crippen LogP contribution is 2.41. The molecule has 2 aliphatic heterocycles. The van der Waals surface area contributed by atoms with Gasteiger partial charge in [0, 0.05) is 20.4 Å². The van der Waals surface area contributed by atoms with Crippen LogP contribution in [0.5, 0.6) is 0 Å². The summed E-state index contributed by atoms with van der Waals surface area (Å²) in [4.78, 5) is 13.3. The van der Waals surface area contributed by atoms with Crippen molar-refractivity contribution in [3.05, 3.63) is 11.2 Å². The van der Waals surface area contributed by atoms with Crippen molar-refractivity contribution < 1.29 is 27.1 Å². The first kappa shape index (κ1) is 11.5. The van der Waals surface area contributed by atoms with Crippen molar-refractivity contribution in [3.63, 3.8) is 0 Å². The number of rotatable bonds is 1. The molecule has 0 aliphatic carbocycles. The molecule has 0 N–H and O–H groups in total. The van der Waals surface area contributed by atoms with E-state index in [2.05, 4.69) is 0 Å². The van der Waals surface area contributed by atoms with Crippen LogP contribution in [0.4, 0.5) is 4.79 Å². The maximum Gasteiger partial charge on any atom is 0.492 e. The van der Waals surface area contributed by atoms with E-state index in [0.717, 1.165) is 0 Å². The van der Waals surface area contributed by atoms with Gasteiger partial charge in [0.05, 0.1) is 11.2 Å². The van der Waals surface area contributed by atoms with E-state index in [1.165, 1.54) is 6.92 Å². The molecule has 0 aromatic carbocycles. The van der Waals surface area contributed by atoms with Gasteiger partial charge in [0.15, 0.2) is 0 Å². The molecule has 2 rings (SSSR count). The molecule has 0 saturated carbocycles. The van der Waals surface area contributed by atoms with Crippen molar-refractivity contribution in [1.82, 2.24) is 4.90 Å². The summed E-state index contributed by atoms with van der Waals surface area (Å²) in [6, 6.07) is 0. The predicted molar refractivity (Wildman–Crippen MR) is 91.0 cm³/mol. The minimum Gasteiger partial charge on any atom is -0.443 e. The first-order valence-electron chi connectivity index (χ1n) is 10.7. The Morgan fingerprint density at radius 3 is 2.26 bits per heavy atom. The molecule has 1 saturated heterocycles. The molecule has 130 valence electrons. The average molecular weight is 329 g/mol. The van der Waals surface area contributed by atoms with Crippen molar-refractivity contribution in [2.75, 3.05) is 6.50 Å². The molecular formula is C17H30BNO4. The second kappa shape index (κ2) is 5.81. The molecule has 2 heterocycles. The van der Waals surface area contributed by atoms with Crippen LogP contribution in [0.3, 0.4) is 0 Å². The lowest BCUT2D eigenvalue weighted by Gasteiger charge is -2.33. The van der Waals surface area contributed by atoms with Gasteiger partial charge in [-0.25, -0.2) is 4.79 Å². The Hall–Kier alpha value is -1.01. The second-order valence-electron chi connectivity index (χ2n) is 7.76. The van der Waals surface area contributed by atoms with Crippen molar-refractivity contribution in [1.29, 1.82) is 0 Å². The molecular weight excluding hydrogens is 293 g/mol. The smallest absolute Gasteiger partial charge is 0.443 e. The van der Waals surface area contributed by atoms with Gasteiger partial charge in [-0.15, -0.1) is 0 Å². The van der Waals surface area contributed by atoms with Gasteiger partial charge >= 0.3 is 13.2 Å². The first-order chi connectivity index (χ1) is 12.6. The summed E-state index contributed by atoms with van der Waals surface area (Å²) >= 11 is 0. The van der Waals surface area contributed by atoms with E-state index in [-0.39, 0.29) is 11.2 Å². The maximum atomic E-state index is 12.8. The fourth-order valence-electron chi connectivity index (χ4n) is 2.13. The number of carbonyl (C=O) groups excluding carboxylic acids is 1. The van der Waals surface area contributed by atoms with Crippen LogP contribution in [0.15, 0.2) is 11.2 Å². The number of amides is 1. The summed E-state index contributed by atoms with van der Waals surface area (Å²) in [5.41, 5.74) is -3.03. The molecule has 0 aromatic heterocycles. The van der Waals surface area contributed by atoms with Crippen LogP contribution in [0.2, 0.25) is 0 Å². The van der Waals surface area contributed by atoms with Crippen LogP contribution in [-0.4, -0.2) is 41.4 Å². The van der Waals surface area contributed by atoms with Crippen LogP contribution in [-0.2, 0) is 14.0 Å². The van der Waals surface area contributed by atoms with E-state index in [1.807, 2.05) is 0 Å². The Kier molecular flexibility index (Phi) is 2.92. The zero-order valence-electron chi connectivity index (χ0n) is 21.2. The van der Waals surface area contributed by atoms with Crippen molar-refractivity contribution in [3.8, 4) is 0 Å². The lowest BCUT2D eigenvalue weighted by molar-refractivity contribution is 0.00578. The molecule has 23 heavy (non-hydrogen) atoms. The maximum absolute atomic E-state index is 12.8. The standard InChI is InChI=1S/C17H30BNO4/c1-12-13(18-22-16(5,6)17(7,8)23-18)10-9-11-19(12)14(20)21-15(2,3)4/h9-11H2,1-8H3/i9D2,10D2,11D2. The van der Waals surface area contributed by atoms with Crippen molar-refractivity contribution in [2.45, 2.75) is 84.9 Å². The summed E-state index contributed by atoms with van der Waals surface area (Å²) in [6.07, 6.45) is -7.05. The predicted octanol–water partition coefficient (Wildman–Crippen LogP) is 3.92. The Morgan fingerprint density at radius 1 is 1.26 bits per heavy atom. The first-order valence-corrected chi connectivity index (χ1v) is 7.70. The molecule has 0 atom stereocenters. The number of carbonyl (C=O) groups is 1. The van der Waals surface area contributed by atoms with Crippen LogP contribution in [0.1, 0.15) is 76.4 Å². The minimum absolute atomic E-state index is 0.136. The van der Waals surface area contributed by atoms with Crippen molar-refractivity contribution >= 4 is 13.2 Å².